The fourth-order valence-corrected chi connectivity index (χ4v) is 2.44. The van der Waals surface area contributed by atoms with E-state index in [0.717, 1.165) is 22.0 Å². The molecule has 0 radical (unpaired) electrons. The molecule has 2 heterocycles. The van der Waals surface area contributed by atoms with Crippen LogP contribution in [0.4, 0.5) is 5.69 Å². The predicted molar refractivity (Wildman–Crippen MR) is 60.6 cm³/mol. The number of thiophene rings is 1. The van der Waals surface area contributed by atoms with Gasteiger partial charge in [-0.2, -0.15) is 5.26 Å². The van der Waals surface area contributed by atoms with Gasteiger partial charge in [0, 0.05) is 10.4 Å². The van der Waals surface area contributed by atoms with E-state index in [9.17, 15) is 0 Å². The lowest BCUT2D eigenvalue weighted by Gasteiger charge is -1.90. The van der Waals surface area contributed by atoms with Gasteiger partial charge in [-0.05, 0) is 26.0 Å². The zero-order valence-corrected chi connectivity index (χ0v) is 9.31. The van der Waals surface area contributed by atoms with Crippen molar-refractivity contribution in [2.45, 2.75) is 13.8 Å². The predicted octanol–water partition coefficient (Wildman–Crippen LogP) is 3.08. The summed E-state index contributed by atoms with van der Waals surface area (Å²) in [6.45, 7) is 3.81. The van der Waals surface area contributed by atoms with Crippen LogP contribution < -0.4 is 5.73 Å². The van der Waals surface area contributed by atoms with Gasteiger partial charge < -0.3 is 10.2 Å². The molecule has 2 aromatic rings. The van der Waals surface area contributed by atoms with Crippen LogP contribution in [0.3, 0.4) is 0 Å². The summed E-state index contributed by atoms with van der Waals surface area (Å²) in [5, 5.41) is 8.81. The summed E-state index contributed by atoms with van der Waals surface area (Å²) in [4.78, 5) is 1.54. The van der Waals surface area contributed by atoms with E-state index >= 15 is 0 Å². The molecule has 3 nitrogen and oxygen atoms in total. The van der Waals surface area contributed by atoms with Crippen LogP contribution in [0.1, 0.15) is 16.4 Å². The quantitative estimate of drug-likeness (QED) is 0.800. The third-order valence-corrected chi connectivity index (χ3v) is 3.26. The van der Waals surface area contributed by atoms with E-state index in [2.05, 4.69) is 6.07 Å². The Hall–Kier alpha value is -1.73. The molecule has 0 aliphatic carbocycles. The maximum atomic E-state index is 8.81. The Kier molecular flexibility index (Phi) is 2.25. The molecule has 4 heteroatoms. The molecule has 0 aromatic carbocycles. The molecule has 2 aromatic heterocycles. The summed E-state index contributed by atoms with van der Waals surface area (Å²) in [5.41, 5.74) is 7.26. The molecule has 2 rings (SSSR count). The SMILES string of the molecule is Cc1cc(-c2cc(N)c(C#N)s2)c(C)o1. The summed E-state index contributed by atoms with van der Waals surface area (Å²) in [7, 11) is 0. The van der Waals surface area contributed by atoms with Crippen molar-refractivity contribution in [3.05, 3.63) is 28.5 Å². The Bertz CT molecular complexity index is 545. The van der Waals surface area contributed by atoms with Crippen molar-refractivity contribution in [2.24, 2.45) is 0 Å². The molecule has 0 atom stereocenters. The van der Waals surface area contributed by atoms with Gasteiger partial charge in [-0.15, -0.1) is 11.3 Å². The van der Waals surface area contributed by atoms with Gasteiger partial charge in [-0.25, -0.2) is 0 Å². The van der Waals surface area contributed by atoms with Crippen LogP contribution in [0, 0.1) is 25.2 Å². The molecule has 76 valence electrons. The summed E-state index contributed by atoms with van der Waals surface area (Å²) >= 11 is 1.39. The first-order valence-electron chi connectivity index (χ1n) is 4.48. The fraction of sp³-hybridized carbons (Fsp3) is 0.182. The van der Waals surface area contributed by atoms with Crippen LogP contribution >= 0.6 is 11.3 Å². The summed E-state index contributed by atoms with van der Waals surface area (Å²) in [6, 6.07) is 5.85. The van der Waals surface area contributed by atoms with Crippen LogP contribution in [0.25, 0.3) is 10.4 Å². The number of hydrogen-bond acceptors (Lipinski definition) is 4. The lowest BCUT2D eigenvalue weighted by atomic mass is 10.2. The smallest absolute Gasteiger partial charge is 0.128 e. The standard InChI is InChI=1S/C11H10N2OS/c1-6-3-8(7(2)14-6)10-4-9(13)11(5-12)15-10/h3-4H,13H2,1-2H3. The van der Waals surface area contributed by atoms with Crippen molar-refractivity contribution in [1.82, 2.24) is 0 Å². The number of nitrogens with two attached hydrogens (primary N) is 1. The van der Waals surface area contributed by atoms with Gasteiger partial charge in [-0.1, -0.05) is 0 Å². The van der Waals surface area contributed by atoms with Crippen molar-refractivity contribution in [1.29, 1.82) is 5.26 Å². The highest BCUT2D eigenvalue weighted by atomic mass is 32.1. The largest absolute Gasteiger partial charge is 0.466 e. The van der Waals surface area contributed by atoms with E-state index in [-0.39, 0.29) is 0 Å². The first-order chi connectivity index (χ1) is 7.11. The Morgan fingerprint density at radius 2 is 2.13 bits per heavy atom. The molecule has 0 saturated carbocycles. The van der Waals surface area contributed by atoms with Crippen LogP contribution in [0.5, 0.6) is 0 Å². The highest BCUT2D eigenvalue weighted by molar-refractivity contribution is 7.16. The molecule has 0 aliphatic heterocycles. The van der Waals surface area contributed by atoms with Crippen molar-refractivity contribution in [3.8, 4) is 16.5 Å². The molecule has 0 aliphatic rings. The van der Waals surface area contributed by atoms with E-state index in [1.165, 1.54) is 11.3 Å². The Balaban J connectivity index is 2.55. The number of hydrogen-bond donors (Lipinski definition) is 1. The number of aryl methyl sites for hydroxylation is 2. The van der Waals surface area contributed by atoms with Gasteiger partial charge in [0.15, 0.2) is 0 Å². The van der Waals surface area contributed by atoms with E-state index < -0.39 is 0 Å². The van der Waals surface area contributed by atoms with Crippen LogP contribution in [-0.4, -0.2) is 0 Å². The second-order valence-electron chi connectivity index (χ2n) is 3.33. The van der Waals surface area contributed by atoms with Crippen molar-refractivity contribution in [3.63, 3.8) is 0 Å². The maximum Gasteiger partial charge on any atom is 0.128 e. The number of nitriles is 1. The van der Waals surface area contributed by atoms with E-state index in [1.807, 2.05) is 26.0 Å². The lowest BCUT2D eigenvalue weighted by molar-refractivity contribution is 0.505. The molecule has 0 unspecified atom stereocenters. The number of rotatable bonds is 1. The topological polar surface area (TPSA) is 63.0 Å². The molecule has 15 heavy (non-hydrogen) atoms. The minimum Gasteiger partial charge on any atom is -0.466 e. The van der Waals surface area contributed by atoms with Crippen molar-refractivity contribution in [2.75, 3.05) is 5.73 Å². The summed E-state index contributed by atoms with van der Waals surface area (Å²) in [5.74, 6) is 1.73. The second-order valence-corrected chi connectivity index (χ2v) is 4.39. The summed E-state index contributed by atoms with van der Waals surface area (Å²) in [6.07, 6.45) is 0. The number of nitrogen functional groups attached to an aromatic ring is 1. The second kappa shape index (κ2) is 3.44. The molecule has 0 saturated heterocycles. The van der Waals surface area contributed by atoms with Crippen molar-refractivity contribution >= 4 is 17.0 Å². The van der Waals surface area contributed by atoms with Crippen molar-refractivity contribution < 1.29 is 4.42 Å². The molecule has 0 bridgehead atoms. The fourth-order valence-electron chi connectivity index (χ4n) is 1.50. The Morgan fingerprint density at radius 3 is 2.60 bits per heavy atom. The molecule has 2 N–H and O–H groups in total. The Morgan fingerprint density at radius 1 is 1.40 bits per heavy atom. The molecule has 0 fully saturated rings. The van der Waals surface area contributed by atoms with E-state index in [0.29, 0.717) is 10.6 Å². The van der Waals surface area contributed by atoms with Gasteiger partial charge in [-0.3, -0.25) is 0 Å². The van der Waals surface area contributed by atoms with Gasteiger partial charge in [0.2, 0.25) is 0 Å². The number of nitrogens with zero attached hydrogens (tertiary/aromatic N) is 1. The zero-order chi connectivity index (χ0) is 11.0. The normalized spacial score (nSPS) is 10.2. The van der Waals surface area contributed by atoms with Gasteiger partial charge in [0.05, 0.1) is 5.69 Å². The molecule has 0 spiro atoms. The number of furan rings is 1. The number of anilines is 1. The van der Waals surface area contributed by atoms with Crippen LogP contribution in [0.15, 0.2) is 16.5 Å². The molecular formula is C11H10N2OS. The van der Waals surface area contributed by atoms with Crippen LogP contribution in [-0.2, 0) is 0 Å². The minimum atomic E-state index is 0.538. The van der Waals surface area contributed by atoms with E-state index in [1.54, 1.807) is 0 Å². The third-order valence-electron chi connectivity index (χ3n) is 2.17. The Labute approximate surface area is 91.8 Å². The van der Waals surface area contributed by atoms with Crippen LogP contribution in [0.2, 0.25) is 0 Å². The lowest BCUT2D eigenvalue weighted by Crippen LogP contribution is -1.81. The third kappa shape index (κ3) is 1.62. The summed E-state index contributed by atoms with van der Waals surface area (Å²) < 4.78 is 5.43. The first kappa shape index (κ1) is 9.81. The maximum absolute atomic E-state index is 8.81. The molecule has 0 amide bonds. The van der Waals surface area contributed by atoms with Gasteiger partial charge in [0.1, 0.15) is 22.5 Å². The highest BCUT2D eigenvalue weighted by Gasteiger charge is 2.12. The highest BCUT2D eigenvalue weighted by Crippen LogP contribution is 2.35. The zero-order valence-electron chi connectivity index (χ0n) is 8.50. The molecular weight excluding hydrogens is 208 g/mol. The minimum absolute atomic E-state index is 0.538. The van der Waals surface area contributed by atoms with Gasteiger partial charge in [0.25, 0.3) is 0 Å². The average molecular weight is 218 g/mol. The first-order valence-corrected chi connectivity index (χ1v) is 5.30. The monoisotopic (exact) mass is 218 g/mol. The van der Waals surface area contributed by atoms with E-state index in [4.69, 9.17) is 15.4 Å². The van der Waals surface area contributed by atoms with Gasteiger partial charge >= 0.3 is 0 Å². The average Bonchev–Trinajstić information content (AvgIpc) is 2.69.